The fourth-order valence-corrected chi connectivity index (χ4v) is 14.1. The monoisotopic (exact) mass is 521 g/mol. The quantitative estimate of drug-likeness (QED) is 0.191. The van der Waals surface area contributed by atoms with Crippen LogP contribution in [0, 0.1) is 11.3 Å². The summed E-state index contributed by atoms with van der Waals surface area (Å²) in [5, 5.41) is 16.4. The summed E-state index contributed by atoms with van der Waals surface area (Å²) in [5.41, 5.74) is 0. The summed E-state index contributed by atoms with van der Waals surface area (Å²) in [6.07, 6.45) is 0.0847. The van der Waals surface area contributed by atoms with Crippen LogP contribution in [-0.2, 0) is 0 Å². The fraction of sp³-hybridized carbons (Fsp3) is 0.345. The van der Waals surface area contributed by atoms with Gasteiger partial charge >= 0.3 is 218 Å². The Hall–Kier alpha value is -2.36. The van der Waals surface area contributed by atoms with Crippen molar-refractivity contribution in [3.63, 3.8) is 0 Å². The molecule has 3 aromatic carbocycles. The Balaban J connectivity index is 2.10. The van der Waals surface area contributed by atoms with E-state index in [1.165, 1.54) is 15.6 Å². The van der Waals surface area contributed by atoms with E-state index in [0.29, 0.717) is 6.54 Å². The van der Waals surface area contributed by atoms with Crippen LogP contribution in [0.4, 0.5) is 0 Å². The van der Waals surface area contributed by atoms with E-state index in [1.807, 2.05) is 45.9 Å². The van der Waals surface area contributed by atoms with Gasteiger partial charge in [0.05, 0.1) is 0 Å². The van der Waals surface area contributed by atoms with Crippen molar-refractivity contribution in [2.24, 2.45) is 0 Å². The molecule has 0 saturated carbocycles. The number of rotatable bonds is 12. The van der Waals surface area contributed by atoms with Crippen LogP contribution in [0.3, 0.4) is 0 Å². The zero-order valence-corrected chi connectivity index (χ0v) is 23.8. The van der Waals surface area contributed by atoms with Gasteiger partial charge in [-0.2, -0.15) is 0 Å². The molecule has 7 heteroatoms. The average Bonchev–Trinajstić information content (AvgIpc) is 2.87. The molecule has 5 nitrogen and oxygen atoms in total. The third kappa shape index (κ3) is 5.95. The molecule has 0 bridgehead atoms. The van der Waals surface area contributed by atoms with Crippen LogP contribution >= 0.6 is 7.36 Å². The Morgan fingerprint density at radius 2 is 1.17 bits per heavy atom. The van der Waals surface area contributed by atoms with Gasteiger partial charge in [-0.25, -0.2) is 0 Å². The first-order valence-electron chi connectivity index (χ1n) is 12.7. The molecule has 0 saturated heterocycles. The number of hydrogen-bond donors (Lipinski definition) is 3. The summed E-state index contributed by atoms with van der Waals surface area (Å²) in [6, 6.07) is 34.5. The average molecular weight is 522 g/mol. The number of nitriles is 1. The molecule has 0 aliphatic heterocycles. The zero-order valence-electron chi connectivity index (χ0n) is 21.9. The predicted molar refractivity (Wildman–Crippen MR) is 155 cm³/mol. The van der Waals surface area contributed by atoms with Crippen LogP contribution in [0.15, 0.2) is 91.0 Å². The molecular weight excluding hydrogens is 481 g/mol. The molecule has 0 aliphatic rings. The second-order valence-corrected chi connectivity index (χ2v) is 17.6. The van der Waals surface area contributed by atoms with Crippen molar-refractivity contribution >= 4 is 31.0 Å². The molecule has 0 aromatic heterocycles. The molecule has 0 heterocycles. The molecule has 0 amide bonds. The predicted octanol–water partition coefficient (Wildman–Crippen LogP) is 3.98. The van der Waals surface area contributed by atoms with Crippen molar-refractivity contribution in [2.45, 2.75) is 52.2 Å². The van der Waals surface area contributed by atoms with E-state index in [0.717, 1.165) is 6.04 Å². The first-order chi connectivity index (χ1) is 17.1. The minimum atomic E-state index is -4.55. The number of nitrogens with zero attached hydrogens (tertiary/aromatic N) is 2. The Kier molecular flexibility index (Phi) is 9.24. The summed E-state index contributed by atoms with van der Waals surface area (Å²) in [6.45, 7) is 8.30. The van der Waals surface area contributed by atoms with Crippen LogP contribution in [0.2, 0.25) is 6.04 Å². The van der Waals surface area contributed by atoms with Gasteiger partial charge in [0.15, 0.2) is 0 Å². The van der Waals surface area contributed by atoms with Crippen LogP contribution < -0.4 is 20.6 Å². The van der Waals surface area contributed by atoms with Gasteiger partial charge in [0, 0.05) is 0 Å². The van der Waals surface area contributed by atoms with E-state index in [4.69, 9.17) is 0 Å². The topological polar surface area (TPSA) is 79.5 Å². The van der Waals surface area contributed by atoms with E-state index >= 15 is 0 Å². The van der Waals surface area contributed by atoms with Crippen molar-refractivity contribution in [3.8, 4) is 6.07 Å². The maximum atomic E-state index is 12.0. The van der Waals surface area contributed by atoms with Gasteiger partial charge in [-0.3, -0.25) is 0 Å². The fourth-order valence-electron chi connectivity index (χ4n) is 5.67. The third-order valence-corrected chi connectivity index (χ3v) is 15.7. The second kappa shape index (κ2) is 11.8. The number of benzene rings is 3. The molecule has 0 aliphatic carbocycles. The van der Waals surface area contributed by atoms with E-state index in [9.17, 15) is 15.0 Å². The molecule has 0 unspecified atom stereocenters. The van der Waals surface area contributed by atoms with Crippen LogP contribution in [0.5, 0.6) is 0 Å². The Morgan fingerprint density at radius 3 is 1.50 bits per heavy atom. The Morgan fingerprint density at radius 1 is 0.778 bits per heavy atom. The summed E-state index contributed by atoms with van der Waals surface area (Å²) in [5.74, 6) is 0. The van der Waals surface area contributed by atoms with E-state index in [-0.39, 0.29) is 24.7 Å². The van der Waals surface area contributed by atoms with Crippen molar-refractivity contribution < 1.29 is 9.79 Å². The second-order valence-electron chi connectivity index (χ2n) is 10.0. The van der Waals surface area contributed by atoms with Gasteiger partial charge in [0.2, 0.25) is 0 Å². The molecule has 0 atom stereocenters. The van der Waals surface area contributed by atoms with Crippen molar-refractivity contribution in [2.75, 3.05) is 12.7 Å². The van der Waals surface area contributed by atoms with Gasteiger partial charge in [0.1, 0.15) is 0 Å². The van der Waals surface area contributed by atoms with Crippen molar-refractivity contribution in [1.82, 2.24) is 9.76 Å². The van der Waals surface area contributed by atoms with Gasteiger partial charge in [-0.05, 0) is 0 Å². The first kappa shape index (κ1) is 28.2. The minimum absolute atomic E-state index is 0.00895. The maximum absolute atomic E-state index is 12.0. The van der Waals surface area contributed by atoms with E-state index in [1.54, 1.807) is 4.67 Å². The molecule has 3 rings (SSSR count). The Bertz CT molecular complexity index is 1030. The molecule has 36 heavy (non-hydrogen) atoms. The van der Waals surface area contributed by atoms with Crippen molar-refractivity contribution in [3.05, 3.63) is 91.0 Å². The summed E-state index contributed by atoms with van der Waals surface area (Å²) >= 11 is 0. The molecule has 3 N–H and O–H groups in total. The zero-order chi connectivity index (χ0) is 26.3. The van der Waals surface area contributed by atoms with E-state index < -0.39 is 15.4 Å². The van der Waals surface area contributed by atoms with Crippen LogP contribution in [0.1, 0.15) is 34.1 Å². The molecule has 192 valence electrons. The molecular formula is C29H40N3O2PSi. The normalized spacial score (nSPS) is 13.5. The summed E-state index contributed by atoms with van der Waals surface area (Å²) in [4.78, 5) is 24.0. The van der Waals surface area contributed by atoms with Crippen LogP contribution in [-0.4, -0.2) is 47.3 Å². The van der Waals surface area contributed by atoms with Gasteiger partial charge < -0.3 is 0 Å². The number of nitrogens with one attached hydrogen (secondary N) is 1. The summed E-state index contributed by atoms with van der Waals surface area (Å²) in [7, 11) is -7.07. The Labute approximate surface area is 217 Å². The van der Waals surface area contributed by atoms with E-state index in [2.05, 4.69) is 84.0 Å². The third-order valence-electron chi connectivity index (χ3n) is 6.91. The standard InChI is InChI=1S/C29H40N3O2PSi/c1-25(2)32(26(3)4)35(33,34,23-14-21-30)31-22-24-36(27-15-8-5-9-16-27,28-17-10-6-11-18-28)29-19-12-7-13-20-29/h5-13,15-20,25-26,31,33-34H,14,22-24H2,1-4H3. The molecule has 0 fully saturated rings. The molecule has 0 spiro atoms. The van der Waals surface area contributed by atoms with Gasteiger partial charge in [-0.15, -0.1) is 0 Å². The molecule has 3 aromatic rings. The summed E-state index contributed by atoms with van der Waals surface area (Å²) < 4.78 is 1.79. The van der Waals surface area contributed by atoms with Gasteiger partial charge in [-0.1, -0.05) is 0 Å². The van der Waals surface area contributed by atoms with Crippen molar-refractivity contribution in [1.29, 1.82) is 5.26 Å². The van der Waals surface area contributed by atoms with Gasteiger partial charge in [0.25, 0.3) is 0 Å². The SMILES string of the molecule is CC(C)N(C(C)C)P(O)(O)(CCC#N)NCC[Si](c1ccccc1)(c1ccccc1)c1ccccc1. The number of hydrogen-bond acceptors (Lipinski definition) is 5. The molecule has 0 radical (unpaired) electrons. The first-order valence-corrected chi connectivity index (χ1v) is 17.2. The van der Waals surface area contributed by atoms with Crippen LogP contribution in [0.25, 0.3) is 0 Å².